The Morgan fingerprint density at radius 3 is 2.67 bits per heavy atom. The lowest BCUT2D eigenvalue weighted by Gasteiger charge is -2.35. The van der Waals surface area contributed by atoms with Gasteiger partial charge in [-0.25, -0.2) is 4.98 Å². The van der Waals surface area contributed by atoms with Crippen LogP contribution in [-0.2, 0) is 4.79 Å². The summed E-state index contributed by atoms with van der Waals surface area (Å²) in [4.78, 5) is 25.2. The number of carbonyl (C=O) groups is 1. The minimum absolute atomic E-state index is 0. The highest BCUT2D eigenvalue weighted by molar-refractivity contribution is 14.0. The fraction of sp³-hybridized carbons (Fsp3) is 0.722. The summed E-state index contributed by atoms with van der Waals surface area (Å²) < 4.78 is 0. The number of guanidine groups is 1. The first kappa shape index (κ1) is 22.2. The average molecular weight is 506 g/mol. The van der Waals surface area contributed by atoms with Gasteiger partial charge in [0.05, 0.1) is 6.54 Å². The van der Waals surface area contributed by atoms with Crippen molar-refractivity contribution in [2.75, 3.05) is 44.2 Å². The molecule has 3 N–H and O–H groups in total. The molecule has 0 spiro atoms. The van der Waals surface area contributed by atoms with E-state index in [9.17, 15) is 4.79 Å². The zero-order valence-electron chi connectivity index (χ0n) is 15.8. The standard InChI is InChI=1S/C18H30N6OS.HI/c19-17(23-9-11-24(12-10-23)18-22-8-13-26-18)21-7-6-20-16(25)14-15-4-2-1-3-5-15;/h8,13,15H,1-7,9-12,14H2,(H2,19,21)(H,20,25);1H. The molecule has 3 rings (SSSR count). The number of hydrogen-bond donors (Lipinski definition) is 2. The summed E-state index contributed by atoms with van der Waals surface area (Å²) in [6.45, 7) is 4.61. The molecule has 9 heteroatoms. The van der Waals surface area contributed by atoms with Crippen LogP contribution in [0.1, 0.15) is 38.5 Å². The highest BCUT2D eigenvalue weighted by Crippen LogP contribution is 2.26. The minimum atomic E-state index is 0. The number of aromatic nitrogens is 1. The summed E-state index contributed by atoms with van der Waals surface area (Å²) in [7, 11) is 0. The van der Waals surface area contributed by atoms with Crippen LogP contribution in [-0.4, -0.2) is 61.0 Å². The van der Waals surface area contributed by atoms with E-state index in [0.717, 1.165) is 31.3 Å². The molecular formula is C18H31IN6OS. The lowest BCUT2D eigenvalue weighted by Crippen LogP contribution is -2.51. The molecule has 1 saturated heterocycles. The van der Waals surface area contributed by atoms with Crippen molar-refractivity contribution < 1.29 is 4.79 Å². The normalized spacial score (nSPS) is 18.9. The van der Waals surface area contributed by atoms with Crippen molar-refractivity contribution in [3.63, 3.8) is 0 Å². The Hall–Kier alpha value is -1.10. The summed E-state index contributed by atoms with van der Waals surface area (Å²) in [5.74, 6) is 1.31. The molecule has 1 saturated carbocycles. The second-order valence-corrected chi connectivity index (χ2v) is 7.96. The summed E-state index contributed by atoms with van der Waals surface area (Å²) in [5, 5.41) is 6.05. The van der Waals surface area contributed by atoms with E-state index in [2.05, 4.69) is 25.1 Å². The van der Waals surface area contributed by atoms with Crippen LogP contribution in [0.15, 0.2) is 16.6 Å². The van der Waals surface area contributed by atoms with Crippen LogP contribution >= 0.6 is 35.3 Å². The van der Waals surface area contributed by atoms with Gasteiger partial charge in [-0.15, -0.1) is 35.3 Å². The molecule has 152 valence electrons. The third-order valence-corrected chi connectivity index (χ3v) is 6.03. The first-order valence-corrected chi connectivity index (χ1v) is 10.6. The molecule has 1 aromatic rings. The van der Waals surface area contributed by atoms with Gasteiger partial charge in [-0.05, 0) is 18.8 Å². The zero-order valence-corrected chi connectivity index (χ0v) is 19.0. The Morgan fingerprint density at radius 1 is 1.26 bits per heavy atom. The lowest BCUT2D eigenvalue weighted by molar-refractivity contribution is -0.122. The Balaban J connectivity index is 0.00000261. The van der Waals surface area contributed by atoms with Gasteiger partial charge in [0.15, 0.2) is 11.1 Å². The number of hydrogen-bond acceptors (Lipinski definition) is 5. The number of nitrogens with two attached hydrogens (primary N) is 1. The average Bonchev–Trinajstić information content (AvgIpc) is 3.21. The van der Waals surface area contributed by atoms with Gasteiger partial charge in [-0.2, -0.15) is 0 Å². The summed E-state index contributed by atoms with van der Waals surface area (Å²) in [6.07, 6.45) is 8.77. The van der Waals surface area contributed by atoms with E-state index in [1.54, 1.807) is 11.3 Å². The number of halogens is 1. The molecule has 0 unspecified atom stereocenters. The third kappa shape index (κ3) is 7.10. The van der Waals surface area contributed by atoms with Gasteiger partial charge in [-0.3, -0.25) is 9.79 Å². The fourth-order valence-electron chi connectivity index (χ4n) is 3.69. The van der Waals surface area contributed by atoms with Crippen LogP contribution in [0.2, 0.25) is 0 Å². The number of carbonyl (C=O) groups excluding carboxylic acids is 1. The number of rotatable bonds is 6. The maximum absolute atomic E-state index is 12.0. The summed E-state index contributed by atoms with van der Waals surface area (Å²) >= 11 is 1.67. The Labute approximate surface area is 182 Å². The van der Waals surface area contributed by atoms with Crippen molar-refractivity contribution >= 4 is 52.3 Å². The highest BCUT2D eigenvalue weighted by Gasteiger charge is 2.20. The molecule has 2 fully saturated rings. The van der Waals surface area contributed by atoms with E-state index in [1.165, 1.54) is 32.1 Å². The number of aliphatic imine (C=N–C) groups is 1. The molecule has 7 nitrogen and oxygen atoms in total. The van der Waals surface area contributed by atoms with Crippen molar-refractivity contribution in [1.82, 2.24) is 15.2 Å². The van der Waals surface area contributed by atoms with Crippen LogP contribution in [0, 0.1) is 5.92 Å². The highest BCUT2D eigenvalue weighted by atomic mass is 127. The maximum atomic E-state index is 12.0. The van der Waals surface area contributed by atoms with Crippen molar-refractivity contribution in [3.8, 4) is 0 Å². The predicted molar refractivity (Wildman–Crippen MR) is 122 cm³/mol. The second-order valence-electron chi connectivity index (χ2n) is 7.09. The van der Waals surface area contributed by atoms with Crippen LogP contribution in [0.3, 0.4) is 0 Å². The monoisotopic (exact) mass is 506 g/mol. The van der Waals surface area contributed by atoms with Gasteiger partial charge in [0.2, 0.25) is 5.91 Å². The van der Waals surface area contributed by atoms with Crippen molar-refractivity contribution in [2.45, 2.75) is 38.5 Å². The molecule has 0 radical (unpaired) electrons. The molecule has 1 aliphatic carbocycles. The SMILES string of the molecule is I.NC(=NCCNC(=O)CC1CCCCC1)N1CCN(c2nccs2)CC1. The number of nitrogens with zero attached hydrogens (tertiary/aromatic N) is 4. The van der Waals surface area contributed by atoms with Crippen LogP contribution in [0.4, 0.5) is 5.13 Å². The molecule has 2 heterocycles. The quantitative estimate of drug-likeness (QED) is 0.268. The first-order chi connectivity index (χ1) is 12.7. The fourth-order valence-corrected chi connectivity index (χ4v) is 4.39. The van der Waals surface area contributed by atoms with E-state index in [4.69, 9.17) is 5.73 Å². The van der Waals surface area contributed by atoms with E-state index < -0.39 is 0 Å². The van der Waals surface area contributed by atoms with Gasteiger partial charge in [0.25, 0.3) is 0 Å². The van der Waals surface area contributed by atoms with Crippen LogP contribution in [0.5, 0.6) is 0 Å². The van der Waals surface area contributed by atoms with Crippen molar-refractivity contribution in [1.29, 1.82) is 0 Å². The zero-order chi connectivity index (χ0) is 18.2. The smallest absolute Gasteiger partial charge is 0.220 e. The van der Waals surface area contributed by atoms with Crippen LogP contribution in [0.25, 0.3) is 0 Å². The number of thiazole rings is 1. The predicted octanol–water partition coefficient (Wildman–Crippen LogP) is 2.28. The van der Waals surface area contributed by atoms with E-state index in [1.807, 2.05) is 11.6 Å². The molecule has 2 aliphatic rings. The molecule has 1 aromatic heterocycles. The second kappa shape index (κ2) is 11.7. The Bertz CT molecular complexity index is 583. The minimum Gasteiger partial charge on any atom is -0.370 e. The topological polar surface area (TPSA) is 86.8 Å². The summed E-state index contributed by atoms with van der Waals surface area (Å²) in [5.41, 5.74) is 6.11. The van der Waals surface area contributed by atoms with E-state index in [-0.39, 0.29) is 29.9 Å². The molecule has 1 aliphatic heterocycles. The molecule has 0 atom stereocenters. The van der Waals surface area contributed by atoms with Gasteiger partial charge in [0.1, 0.15) is 0 Å². The number of piperazine rings is 1. The number of anilines is 1. The molecule has 27 heavy (non-hydrogen) atoms. The van der Waals surface area contributed by atoms with E-state index >= 15 is 0 Å². The van der Waals surface area contributed by atoms with Crippen molar-refractivity contribution in [3.05, 3.63) is 11.6 Å². The van der Waals surface area contributed by atoms with Gasteiger partial charge in [-0.1, -0.05) is 19.3 Å². The van der Waals surface area contributed by atoms with Gasteiger partial charge in [0, 0.05) is 50.7 Å². The molecule has 0 aromatic carbocycles. The van der Waals surface area contributed by atoms with Gasteiger partial charge >= 0.3 is 0 Å². The van der Waals surface area contributed by atoms with Crippen LogP contribution < -0.4 is 16.0 Å². The molecule has 1 amide bonds. The Kier molecular flexibility index (Phi) is 9.60. The third-order valence-electron chi connectivity index (χ3n) is 5.20. The Morgan fingerprint density at radius 2 is 2.00 bits per heavy atom. The first-order valence-electron chi connectivity index (χ1n) is 9.68. The molecule has 0 bridgehead atoms. The number of amides is 1. The largest absolute Gasteiger partial charge is 0.370 e. The number of nitrogens with one attached hydrogen (secondary N) is 1. The maximum Gasteiger partial charge on any atom is 0.220 e. The lowest BCUT2D eigenvalue weighted by atomic mass is 9.87. The van der Waals surface area contributed by atoms with E-state index in [0.29, 0.717) is 31.4 Å². The van der Waals surface area contributed by atoms with Gasteiger partial charge < -0.3 is 20.9 Å². The van der Waals surface area contributed by atoms with Crippen molar-refractivity contribution in [2.24, 2.45) is 16.6 Å². The molecular weight excluding hydrogens is 475 g/mol. The summed E-state index contributed by atoms with van der Waals surface area (Å²) in [6, 6.07) is 0.